The summed E-state index contributed by atoms with van der Waals surface area (Å²) in [5, 5.41) is 5.02. The van der Waals surface area contributed by atoms with E-state index in [4.69, 9.17) is 0 Å². The fourth-order valence-electron chi connectivity index (χ4n) is 12.1. The van der Waals surface area contributed by atoms with Gasteiger partial charge in [0.15, 0.2) is 0 Å². The van der Waals surface area contributed by atoms with E-state index in [1.165, 1.54) is 98.0 Å². The predicted molar refractivity (Wildman–Crippen MR) is 272 cm³/mol. The van der Waals surface area contributed by atoms with Crippen molar-refractivity contribution in [3.8, 4) is 27.9 Å². The first-order chi connectivity index (χ1) is 32.0. The Morgan fingerprint density at radius 1 is 0.385 bits per heavy atom. The molecule has 0 atom stereocenters. The molecule has 3 heteroatoms. The minimum absolute atomic E-state index is 0.160. The fraction of sp³-hybridized carbons (Fsp3) is 0.0645. The summed E-state index contributed by atoms with van der Waals surface area (Å²) >= 11 is 1.89. The summed E-state index contributed by atoms with van der Waals surface area (Å²) in [6, 6.07) is 82.2. The third-order valence-electron chi connectivity index (χ3n) is 14.8. The highest BCUT2D eigenvalue weighted by Crippen LogP contribution is 2.62. The molecule has 2 heterocycles. The molecule has 0 bridgehead atoms. The molecule has 1 aliphatic heterocycles. The minimum atomic E-state index is -0.510. The van der Waals surface area contributed by atoms with Gasteiger partial charge in [0.25, 0.3) is 0 Å². The Morgan fingerprint density at radius 2 is 0.938 bits per heavy atom. The van der Waals surface area contributed by atoms with E-state index < -0.39 is 5.41 Å². The number of benzene rings is 10. The van der Waals surface area contributed by atoms with Crippen LogP contribution in [0.1, 0.15) is 47.2 Å². The summed E-state index contributed by atoms with van der Waals surface area (Å²) in [4.78, 5) is 5.16. The van der Waals surface area contributed by atoms with Crippen LogP contribution in [-0.2, 0) is 10.8 Å². The second-order valence-electron chi connectivity index (χ2n) is 18.4. The smallest absolute Gasteiger partial charge is 0.0735 e. The number of hydrogen-bond donors (Lipinski definition) is 0. The van der Waals surface area contributed by atoms with Gasteiger partial charge in [0.1, 0.15) is 0 Å². The highest BCUT2D eigenvalue weighted by atomic mass is 32.2. The van der Waals surface area contributed by atoms with Gasteiger partial charge in [-0.25, -0.2) is 0 Å². The van der Waals surface area contributed by atoms with Crippen LogP contribution in [-0.4, -0.2) is 4.57 Å². The van der Waals surface area contributed by atoms with E-state index in [1.807, 2.05) is 11.8 Å². The van der Waals surface area contributed by atoms with Crippen molar-refractivity contribution in [1.82, 2.24) is 4.57 Å². The summed E-state index contributed by atoms with van der Waals surface area (Å²) in [6.45, 7) is 4.77. The third-order valence-corrected chi connectivity index (χ3v) is 16.0. The lowest BCUT2D eigenvalue weighted by Crippen LogP contribution is -2.36. The van der Waals surface area contributed by atoms with Crippen LogP contribution in [0.25, 0.3) is 60.5 Å². The molecule has 1 spiro atoms. The second kappa shape index (κ2) is 13.5. The zero-order chi connectivity index (χ0) is 43.0. The summed E-state index contributed by atoms with van der Waals surface area (Å²) < 4.78 is 2.43. The van der Waals surface area contributed by atoms with Crippen molar-refractivity contribution in [1.29, 1.82) is 0 Å². The molecule has 306 valence electrons. The second-order valence-corrected chi connectivity index (χ2v) is 19.5. The van der Waals surface area contributed by atoms with Gasteiger partial charge in [-0.1, -0.05) is 183 Å². The lowest BCUT2D eigenvalue weighted by Gasteiger charge is -2.46. The van der Waals surface area contributed by atoms with Gasteiger partial charge in [-0.3, -0.25) is 0 Å². The molecule has 0 radical (unpaired) electrons. The van der Waals surface area contributed by atoms with Crippen LogP contribution in [0.15, 0.2) is 228 Å². The lowest BCUT2D eigenvalue weighted by molar-refractivity contribution is 0.660. The molecule has 2 nitrogen and oxygen atoms in total. The van der Waals surface area contributed by atoms with Gasteiger partial charge in [-0.05, 0) is 122 Å². The van der Waals surface area contributed by atoms with Crippen LogP contribution in [0.2, 0.25) is 0 Å². The van der Waals surface area contributed by atoms with E-state index in [9.17, 15) is 0 Å². The maximum atomic E-state index is 2.54. The summed E-state index contributed by atoms with van der Waals surface area (Å²) in [7, 11) is 0. The molecule has 0 saturated carbocycles. The molecule has 0 amide bonds. The van der Waals surface area contributed by atoms with E-state index in [1.54, 1.807) is 0 Å². The fourth-order valence-corrected chi connectivity index (χ4v) is 13.3. The molecule has 1 aromatic heterocycles. The van der Waals surface area contributed by atoms with Crippen molar-refractivity contribution in [3.63, 3.8) is 0 Å². The molecule has 3 aliphatic rings. The topological polar surface area (TPSA) is 8.17 Å². The Morgan fingerprint density at radius 3 is 1.72 bits per heavy atom. The van der Waals surface area contributed by atoms with Gasteiger partial charge in [-0.2, -0.15) is 0 Å². The summed E-state index contributed by atoms with van der Waals surface area (Å²) in [6.07, 6.45) is 0. The zero-order valence-electron chi connectivity index (χ0n) is 36.1. The largest absolute Gasteiger partial charge is 0.310 e. The van der Waals surface area contributed by atoms with Crippen LogP contribution in [0, 0.1) is 0 Å². The van der Waals surface area contributed by atoms with Crippen LogP contribution in [0.4, 0.5) is 17.1 Å². The van der Waals surface area contributed by atoms with E-state index in [0.29, 0.717) is 0 Å². The lowest BCUT2D eigenvalue weighted by atomic mass is 9.59. The summed E-state index contributed by atoms with van der Waals surface area (Å²) in [5.74, 6) is 0. The van der Waals surface area contributed by atoms with Crippen molar-refractivity contribution in [2.45, 2.75) is 34.5 Å². The van der Waals surface area contributed by atoms with E-state index in [0.717, 1.165) is 22.7 Å². The Bertz CT molecular complexity index is 3750. The molecule has 14 rings (SSSR count). The van der Waals surface area contributed by atoms with Crippen molar-refractivity contribution >= 4 is 61.4 Å². The molecule has 0 unspecified atom stereocenters. The normalized spacial score (nSPS) is 14.5. The van der Waals surface area contributed by atoms with Crippen molar-refractivity contribution in [3.05, 3.63) is 252 Å². The number of fused-ring (bicyclic) bond motifs is 14. The van der Waals surface area contributed by atoms with Crippen molar-refractivity contribution in [2.24, 2.45) is 0 Å². The molecule has 65 heavy (non-hydrogen) atoms. The van der Waals surface area contributed by atoms with Crippen LogP contribution in [0.5, 0.6) is 0 Å². The van der Waals surface area contributed by atoms with Gasteiger partial charge in [0, 0.05) is 48.4 Å². The molecule has 2 aliphatic carbocycles. The average molecular weight is 847 g/mol. The molecule has 0 fully saturated rings. The van der Waals surface area contributed by atoms with Gasteiger partial charge < -0.3 is 9.47 Å². The molecule has 0 saturated heterocycles. The van der Waals surface area contributed by atoms with Gasteiger partial charge >= 0.3 is 0 Å². The number of rotatable bonds is 4. The minimum Gasteiger partial charge on any atom is -0.310 e. The Balaban J connectivity index is 1.09. The maximum Gasteiger partial charge on any atom is 0.0735 e. The first kappa shape index (κ1) is 36.8. The number of nitrogens with zero attached hydrogens (tertiary/aromatic N) is 2. The quantitative estimate of drug-likeness (QED) is 0.174. The molecule has 11 aromatic rings. The van der Waals surface area contributed by atoms with E-state index in [-0.39, 0.29) is 5.41 Å². The van der Waals surface area contributed by atoms with Crippen LogP contribution in [0.3, 0.4) is 0 Å². The Kier molecular flexibility index (Phi) is 7.63. The zero-order valence-corrected chi connectivity index (χ0v) is 36.9. The van der Waals surface area contributed by atoms with Crippen molar-refractivity contribution in [2.75, 3.05) is 4.90 Å². The van der Waals surface area contributed by atoms with Crippen LogP contribution >= 0.6 is 11.8 Å². The number of aromatic nitrogens is 1. The Hall–Kier alpha value is -7.59. The van der Waals surface area contributed by atoms with E-state index >= 15 is 0 Å². The van der Waals surface area contributed by atoms with Crippen molar-refractivity contribution < 1.29 is 0 Å². The third kappa shape index (κ3) is 4.91. The molecular formula is C62H42N2S. The number of anilines is 3. The van der Waals surface area contributed by atoms with E-state index in [2.05, 4.69) is 242 Å². The molecule has 0 N–H and O–H groups in total. The SMILES string of the molecule is CC1(C)c2ccccc2-c2ccc(N(c3ccc4c5ccccc5n(-c5ccccc5)c4c3)c3ccc4c5c(cccc35)C3(c5ccccc5Sc5ccccc53)c3ccccc3-4)cc21. The monoisotopic (exact) mass is 846 g/mol. The highest BCUT2D eigenvalue weighted by molar-refractivity contribution is 7.99. The first-order valence-electron chi connectivity index (χ1n) is 22.7. The molecule has 10 aromatic carbocycles. The number of para-hydroxylation sites is 2. The van der Waals surface area contributed by atoms with Gasteiger partial charge in [-0.15, -0.1) is 0 Å². The average Bonchev–Trinajstić information content (AvgIpc) is 3.81. The maximum absolute atomic E-state index is 2.54. The molecular weight excluding hydrogens is 805 g/mol. The highest BCUT2D eigenvalue weighted by Gasteiger charge is 2.48. The number of hydrogen-bond acceptors (Lipinski definition) is 2. The predicted octanol–water partition coefficient (Wildman–Crippen LogP) is 16.5. The van der Waals surface area contributed by atoms with Gasteiger partial charge in [0.2, 0.25) is 0 Å². The summed E-state index contributed by atoms with van der Waals surface area (Å²) in [5.41, 5.74) is 19.6. The van der Waals surface area contributed by atoms with Gasteiger partial charge in [0.05, 0.1) is 22.1 Å². The van der Waals surface area contributed by atoms with Crippen LogP contribution < -0.4 is 4.90 Å². The first-order valence-corrected chi connectivity index (χ1v) is 23.5. The standard InChI is InChI=1S/C62H42N2S/c1-61(2)49-23-9-6-19-42(49)44-33-31-40(37-54(44)61)63(41-32-34-46-45-21-8-13-28-55(45)64(57(46)38-41)39-17-4-3-5-18-39)56-36-35-47-43-20-7-10-24-50(43)62(53-27-16-22-48(56)60(47)53)51-25-11-14-29-58(51)65-59-30-15-12-26-52(59)62/h3-38H,1-2H3. The Labute approximate surface area is 383 Å².